The lowest BCUT2D eigenvalue weighted by molar-refractivity contribution is -0.308. The Bertz CT molecular complexity index is 1180. The monoisotopic (exact) mass is 752 g/mol. The Morgan fingerprint density at radius 1 is 0.471 bits per heavy atom. The molecular weight excluding hydrogens is 708 g/mol. The van der Waals surface area contributed by atoms with Crippen molar-refractivity contribution in [2.24, 2.45) is 0 Å². The van der Waals surface area contributed by atoms with Gasteiger partial charge >= 0.3 is 47.8 Å². The van der Waals surface area contributed by atoms with Crippen LogP contribution in [0, 0.1) is 0 Å². The van der Waals surface area contributed by atoms with Crippen LogP contribution in [-0.4, -0.2) is 134 Å². The third kappa shape index (κ3) is 14.6. The first kappa shape index (κ1) is 43.2. The topological polar surface area (TPSA) is 238 Å². The summed E-state index contributed by atoms with van der Waals surface area (Å²) in [6, 6.07) is 0. The van der Waals surface area contributed by atoms with Gasteiger partial charge in [0.15, 0.2) is 42.9 Å². The SMILES string of the molecule is CC(=O)OC[C@H]1O[C@@H](SCCCO[C@@H]2O[C@H](COC(C)=O)[C@@H](OC(C)=O)[C@H](OC(C)=O)[C@H]2OC(C)=O)[C@H](OC(C)=O)[C@@H](OC(C)=O)[C@@H]1OC(C)=O. The van der Waals surface area contributed by atoms with Crippen LogP contribution in [0.3, 0.4) is 0 Å². The number of carbonyl (C=O) groups excluding carboxylic acids is 8. The first-order chi connectivity index (χ1) is 23.9. The van der Waals surface area contributed by atoms with Crippen LogP contribution >= 0.6 is 11.8 Å². The zero-order chi connectivity index (χ0) is 38.4. The second-order valence-corrected chi connectivity index (χ2v) is 12.4. The van der Waals surface area contributed by atoms with E-state index in [1.165, 1.54) is 0 Å². The van der Waals surface area contributed by atoms with Crippen molar-refractivity contribution in [1.29, 1.82) is 0 Å². The van der Waals surface area contributed by atoms with Crippen molar-refractivity contribution in [3.63, 3.8) is 0 Å². The Balaban J connectivity index is 2.28. The van der Waals surface area contributed by atoms with E-state index in [1.807, 2.05) is 0 Å². The highest BCUT2D eigenvalue weighted by Gasteiger charge is 2.54. The average Bonchev–Trinajstić information content (AvgIpc) is 2.99. The standard InChI is InChI=1S/C31H44O19S/c1-14(32)41-12-22-24(43-16(3)34)26(45-18(5)36)28(47-20(7)38)30(49-22)40-10-9-11-51-31-29(48-21(8)39)27(46-19(6)37)25(44-17(4)35)23(50-31)13-42-15(2)33/h22-31H,9-13H2,1-8H3/t22-,23-,24-,25-,26+,27+,28-,29-,30-,31+/m1/s1. The Morgan fingerprint density at radius 3 is 1.27 bits per heavy atom. The van der Waals surface area contributed by atoms with Gasteiger partial charge in [-0.3, -0.25) is 38.4 Å². The van der Waals surface area contributed by atoms with Gasteiger partial charge in [0.2, 0.25) is 0 Å². The number of hydrogen-bond donors (Lipinski definition) is 0. The summed E-state index contributed by atoms with van der Waals surface area (Å²) >= 11 is 1.10. The van der Waals surface area contributed by atoms with Crippen molar-refractivity contribution >= 4 is 59.5 Å². The minimum absolute atomic E-state index is 0.0913. The Hall–Kier alpha value is -4.01. The fourth-order valence-electron chi connectivity index (χ4n) is 5.10. The molecule has 0 unspecified atom stereocenters. The van der Waals surface area contributed by atoms with E-state index in [4.69, 9.17) is 52.1 Å². The second-order valence-electron chi connectivity index (χ2n) is 11.2. The molecule has 0 spiro atoms. The number of ether oxygens (including phenoxy) is 11. The predicted molar refractivity (Wildman–Crippen MR) is 167 cm³/mol. The fourth-order valence-corrected chi connectivity index (χ4v) is 6.24. The molecule has 2 heterocycles. The van der Waals surface area contributed by atoms with E-state index < -0.39 is 115 Å². The highest BCUT2D eigenvalue weighted by molar-refractivity contribution is 7.99. The number of hydrogen-bond acceptors (Lipinski definition) is 20. The normalized spacial score (nSPS) is 28.6. The van der Waals surface area contributed by atoms with E-state index in [-0.39, 0.29) is 25.4 Å². The van der Waals surface area contributed by atoms with E-state index >= 15 is 0 Å². The molecule has 0 aromatic rings. The Labute approximate surface area is 297 Å². The van der Waals surface area contributed by atoms with Crippen LogP contribution in [0.2, 0.25) is 0 Å². The first-order valence-electron chi connectivity index (χ1n) is 15.7. The summed E-state index contributed by atoms with van der Waals surface area (Å²) in [6.07, 6.45) is -11.6. The van der Waals surface area contributed by atoms with E-state index in [0.717, 1.165) is 67.2 Å². The van der Waals surface area contributed by atoms with Gasteiger partial charge in [-0.25, -0.2) is 0 Å². The summed E-state index contributed by atoms with van der Waals surface area (Å²) < 4.78 is 60.4. The molecule has 20 heteroatoms. The summed E-state index contributed by atoms with van der Waals surface area (Å²) in [5.41, 5.74) is -1.03. The minimum Gasteiger partial charge on any atom is -0.463 e. The van der Waals surface area contributed by atoms with Gasteiger partial charge < -0.3 is 52.1 Å². The third-order valence-corrected chi connectivity index (χ3v) is 7.98. The van der Waals surface area contributed by atoms with Crippen LogP contribution in [0.4, 0.5) is 0 Å². The quantitative estimate of drug-likeness (QED) is 0.117. The summed E-state index contributed by atoms with van der Waals surface area (Å²) in [7, 11) is 0. The summed E-state index contributed by atoms with van der Waals surface area (Å²) in [4.78, 5) is 95.4. The minimum atomic E-state index is -1.42. The van der Waals surface area contributed by atoms with Crippen LogP contribution in [0.25, 0.3) is 0 Å². The lowest BCUT2D eigenvalue weighted by Gasteiger charge is -2.44. The molecule has 0 aromatic carbocycles. The highest BCUT2D eigenvalue weighted by Crippen LogP contribution is 2.35. The number of carbonyl (C=O) groups is 8. The molecule has 2 saturated heterocycles. The van der Waals surface area contributed by atoms with Crippen LogP contribution in [0.5, 0.6) is 0 Å². The molecule has 10 atom stereocenters. The Kier molecular flexibility index (Phi) is 17.6. The predicted octanol–water partition coefficient (Wildman–Crippen LogP) is 0.293. The molecule has 2 aliphatic heterocycles. The maximum atomic E-state index is 12.1. The molecule has 2 rings (SSSR count). The van der Waals surface area contributed by atoms with Crippen molar-refractivity contribution in [2.75, 3.05) is 25.6 Å². The molecule has 0 aromatic heterocycles. The maximum Gasteiger partial charge on any atom is 0.303 e. The lowest BCUT2D eigenvalue weighted by Crippen LogP contribution is -2.63. The first-order valence-corrected chi connectivity index (χ1v) is 16.8. The Morgan fingerprint density at radius 2 is 0.843 bits per heavy atom. The second kappa shape index (κ2) is 20.7. The number of rotatable bonds is 16. The molecule has 2 aliphatic rings. The van der Waals surface area contributed by atoms with Gasteiger partial charge in [0.25, 0.3) is 0 Å². The van der Waals surface area contributed by atoms with Gasteiger partial charge in [-0.15, -0.1) is 11.8 Å². The van der Waals surface area contributed by atoms with Crippen molar-refractivity contribution in [2.45, 2.75) is 122 Å². The maximum absolute atomic E-state index is 12.1. The van der Waals surface area contributed by atoms with Crippen molar-refractivity contribution < 1.29 is 90.5 Å². The molecule has 0 bridgehead atoms. The highest BCUT2D eigenvalue weighted by atomic mass is 32.2. The molecule has 0 N–H and O–H groups in total. The summed E-state index contributed by atoms with van der Waals surface area (Å²) in [6.45, 7) is 8.02. The van der Waals surface area contributed by atoms with Gasteiger partial charge in [0, 0.05) is 55.4 Å². The van der Waals surface area contributed by atoms with E-state index in [9.17, 15) is 38.4 Å². The zero-order valence-corrected chi connectivity index (χ0v) is 30.3. The molecule has 0 radical (unpaired) electrons. The number of thioether (sulfide) groups is 1. The smallest absolute Gasteiger partial charge is 0.303 e. The van der Waals surface area contributed by atoms with Crippen LogP contribution in [0.1, 0.15) is 61.8 Å². The van der Waals surface area contributed by atoms with Crippen LogP contribution in [-0.2, 0) is 90.5 Å². The summed E-state index contributed by atoms with van der Waals surface area (Å²) in [5.74, 6) is -5.79. The fraction of sp³-hybridized carbons (Fsp3) is 0.742. The van der Waals surface area contributed by atoms with Gasteiger partial charge in [0.1, 0.15) is 30.9 Å². The molecule has 19 nitrogen and oxygen atoms in total. The van der Waals surface area contributed by atoms with E-state index in [0.29, 0.717) is 0 Å². The molecule has 0 aliphatic carbocycles. The van der Waals surface area contributed by atoms with Crippen LogP contribution in [0.15, 0.2) is 0 Å². The zero-order valence-electron chi connectivity index (χ0n) is 29.5. The van der Waals surface area contributed by atoms with Crippen molar-refractivity contribution in [3.05, 3.63) is 0 Å². The molecule has 0 saturated carbocycles. The van der Waals surface area contributed by atoms with E-state index in [1.54, 1.807) is 0 Å². The largest absolute Gasteiger partial charge is 0.463 e. The van der Waals surface area contributed by atoms with E-state index in [2.05, 4.69) is 0 Å². The van der Waals surface area contributed by atoms with Crippen LogP contribution < -0.4 is 0 Å². The average molecular weight is 753 g/mol. The lowest BCUT2D eigenvalue weighted by atomic mass is 9.98. The van der Waals surface area contributed by atoms with Crippen molar-refractivity contribution in [1.82, 2.24) is 0 Å². The molecular formula is C31H44O19S. The molecule has 288 valence electrons. The summed E-state index contributed by atoms with van der Waals surface area (Å²) in [5, 5.41) is 0. The van der Waals surface area contributed by atoms with Gasteiger partial charge in [-0.2, -0.15) is 0 Å². The van der Waals surface area contributed by atoms with Gasteiger partial charge in [-0.1, -0.05) is 0 Å². The third-order valence-electron chi connectivity index (χ3n) is 6.75. The molecule has 51 heavy (non-hydrogen) atoms. The van der Waals surface area contributed by atoms with Gasteiger partial charge in [0.05, 0.1) is 6.61 Å². The van der Waals surface area contributed by atoms with Crippen molar-refractivity contribution in [3.8, 4) is 0 Å². The number of esters is 8. The molecule has 2 fully saturated rings. The molecule has 0 amide bonds. The van der Waals surface area contributed by atoms with Gasteiger partial charge in [-0.05, 0) is 12.2 Å².